The fourth-order valence-electron chi connectivity index (χ4n) is 4.64. The molecule has 0 saturated carbocycles. The molecule has 1 aromatic heterocycles. The van der Waals surface area contributed by atoms with Crippen molar-refractivity contribution in [3.05, 3.63) is 53.5 Å². The number of benzene rings is 1. The van der Waals surface area contributed by atoms with Gasteiger partial charge in [0.1, 0.15) is 5.82 Å². The van der Waals surface area contributed by atoms with Gasteiger partial charge < -0.3 is 25.3 Å². The van der Waals surface area contributed by atoms with E-state index in [0.717, 1.165) is 68.0 Å². The minimum absolute atomic E-state index is 0.226. The molecule has 0 atom stereocenters. The topological polar surface area (TPSA) is 46.7 Å². The smallest absolute Gasteiger partial charge is 0.384 e. The standard InChI is InChI=1S/C26H35F3N6/c1-33(2)12-4-9-31-23-16-22(32-24-15-19(5-7-21(23)24)17-26(27,28)29)20-6-8-25(34(3)18-20)35-13-10-30-11-14-35/h5-8,15-16,30H,4,9-14,17-18H2,1-3H3,(H,31,32). The Morgan fingerprint density at radius 1 is 1.11 bits per heavy atom. The molecule has 1 fully saturated rings. The van der Waals surface area contributed by atoms with Crippen molar-refractivity contribution in [1.29, 1.82) is 0 Å². The van der Waals surface area contributed by atoms with Crippen LogP contribution in [0.2, 0.25) is 0 Å². The second-order valence-corrected chi connectivity index (χ2v) is 9.59. The predicted octanol–water partition coefficient (Wildman–Crippen LogP) is 3.78. The van der Waals surface area contributed by atoms with Crippen LogP contribution in [0.25, 0.3) is 16.5 Å². The predicted molar refractivity (Wildman–Crippen MR) is 136 cm³/mol. The number of anilines is 1. The van der Waals surface area contributed by atoms with Gasteiger partial charge >= 0.3 is 6.18 Å². The van der Waals surface area contributed by atoms with E-state index in [0.29, 0.717) is 12.1 Å². The maximum absolute atomic E-state index is 13.0. The molecule has 1 saturated heterocycles. The highest BCUT2D eigenvalue weighted by molar-refractivity contribution is 5.93. The summed E-state index contributed by atoms with van der Waals surface area (Å²) >= 11 is 0. The summed E-state index contributed by atoms with van der Waals surface area (Å²) in [5.41, 5.74) is 3.55. The number of halogens is 3. The first-order valence-corrected chi connectivity index (χ1v) is 12.2. The molecule has 0 amide bonds. The van der Waals surface area contributed by atoms with Gasteiger partial charge in [-0.05, 0) is 56.4 Å². The van der Waals surface area contributed by atoms with Crippen LogP contribution in [0.15, 0.2) is 42.2 Å². The Labute approximate surface area is 205 Å². The second-order valence-electron chi connectivity index (χ2n) is 9.59. The van der Waals surface area contributed by atoms with Gasteiger partial charge in [0.15, 0.2) is 0 Å². The lowest BCUT2D eigenvalue weighted by atomic mass is 10.0. The fourth-order valence-corrected chi connectivity index (χ4v) is 4.64. The van der Waals surface area contributed by atoms with Crippen LogP contribution in [-0.4, -0.2) is 92.8 Å². The first kappa shape index (κ1) is 25.3. The number of rotatable bonds is 8. The van der Waals surface area contributed by atoms with E-state index in [9.17, 15) is 13.2 Å². The van der Waals surface area contributed by atoms with Gasteiger partial charge in [-0.2, -0.15) is 13.2 Å². The van der Waals surface area contributed by atoms with Gasteiger partial charge in [-0.3, -0.25) is 0 Å². The van der Waals surface area contributed by atoms with Gasteiger partial charge in [0.05, 0.1) is 17.6 Å². The van der Waals surface area contributed by atoms with Gasteiger partial charge in [-0.15, -0.1) is 0 Å². The number of alkyl halides is 3. The Hall–Kier alpha value is -2.78. The fraction of sp³-hybridized carbons (Fsp3) is 0.500. The molecule has 2 aromatic rings. The largest absolute Gasteiger partial charge is 0.393 e. The molecule has 2 N–H and O–H groups in total. The zero-order valence-corrected chi connectivity index (χ0v) is 20.8. The summed E-state index contributed by atoms with van der Waals surface area (Å²) in [5.74, 6) is 1.19. The van der Waals surface area contributed by atoms with Crippen molar-refractivity contribution >= 4 is 22.2 Å². The highest BCUT2D eigenvalue weighted by atomic mass is 19.4. The Kier molecular flexibility index (Phi) is 7.86. The van der Waals surface area contributed by atoms with Gasteiger partial charge in [-0.1, -0.05) is 18.2 Å². The zero-order chi connectivity index (χ0) is 25.0. The van der Waals surface area contributed by atoms with Crippen LogP contribution in [0.1, 0.15) is 17.7 Å². The molecule has 0 unspecified atom stereocenters. The Morgan fingerprint density at radius 2 is 1.89 bits per heavy atom. The summed E-state index contributed by atoms with van der Waals surface area (Å²) in [5, 5.41) is 7.72. The lowest BCUT2D eigenvalue weighted by Crippen LogP contribution is -2.46. The Balaban J connectivity index is 1.66. The number of pyridine rings is 1. The number of nitrogens with zero attached hydrogens (tertiary/aromatic N) is 4. The molecule has 6 nitrogen and oxygen atoms in total. The second kappa shape index (κ2) is 10.9. The molecule has 0 bridgehead atoms. The van der Waals surface area contributed by atoms with E-state index in [4.69, 9.17) is 4.98 Å². The van der Waals surface area contributed by atoms with Crippen LogP contribution < -0.4 is 10.6 Å². The first-order valence-electron chi connectivity index (χ1n) is 12.2. The number of likely N-dealkylation sites (N-methyl/N-ethyl adjacent to an activating group) is 1. The van der Waals surface area contributed by atoms with E-state index >= 15 is 0 Å². The molecule has 0 aliphatic carbocycles. The summed E-state index contributed by atoms with van der Waals surface area (Å²) < 4.78 is 39.1. The summed E-state index contributed by atoms with van der Waals surface area (Å²) in [6, 6.07) is 6.92. The third kappa shape index (κ3) is 6.67. The summed E-state index contributed by atoms with van der Waals surface area (Å²) in [7, 11) is 6.15. The molecule has 35 heavy (non-hydrogen) atoms. The molecular formula is C26H35F3N6. The molecule has 0 radical (unpaired) electrons. The molecule has 1 aromatic carbocycles. The normalized spacial score (nSPS) is 17.1. The van der Waals surface area contributed by atoms with Crippen LogP contribution in [0, 0.1) is 0 Å². The maximum atomic E-state index is 13.0. The average Bonchev–Trinajstić information content (AvgIpc) is 2.80. The monoisotopic (exact) mass is 488 g/mol. The summed E-state index contributed by atoms with van der Waals surface area (Å²) in [4.78, 5) is 11.5. The van der Waals surface area contributed by atoms with E-state index in [2.05, 4.69) is 44.5 Å². The number of piperazine rings is 1. The van der Waals surface area contributed by atoms with Crippen LogP contribution in [-0.2, 0) is 6.42 Å². The van der Waals surface area contributed by atoms with E-state index in [-0.39, 0.29) is 5.56 Å². The third-order valence-electron chi connectivity index (χ3n) is 6.38. The van der Waals surface area contributed by atoms with Crippen LogP contribution in [0.3, 0.4) is 0 Å². The van der Waals surface area contributed by atoms with E-state index in [1.165, 1.54) is 5.82 Å². The number of allylic oxidation sites excluding steroid dienone is 2. The number of fused-ring (bicyclic) bond motifs is 1. The first-order chi connectivity index (χ1) is 16.7. The lowest BCUT2D eigenvalue weighted by molar-refractivity contribution is -0.127. The Bertz CT molecular complexity index is 1090. The molecule has 9 heteroatoms. The third-order valence-corrected chi connectivity index (χ3v) is 6.38. The number of aromatic nitrogens is 1. The van der Waals surface area contributed by atoms with Gasteiger partial charge in [-0.25, -0.2) is 4.98 Å². The highest BCUT2D eigenvalue weighted by Gasteiger charge is 2.28. The number of nitrogens with one attached hydrogen (secondary N) is 2. The van der Waals surface area contributed by atoms with Gasteiger partial charge in [0.2, 0.25) is 0 Å². The van der Waals surface area contributed by atoms with E-state index < -0.39 is 12.6 Å². The Morgan fingerprint density at radius 3 is 2.57 bits per heavy atom. The number of hydrogen-bond acceptors (Lipinski definition) is 6. The van der Waals surface area contributed by atoms with E-state index in [1.807, 2.05) is 20.2 Å². The van der Waals surface area contributed by atoms with Crippen LogP contribution >= 0.6 is 0 Å². The summed E-state index contributed by atoms with van der Waals surface area (Å²) in [6.07, 6.45) is -0.0251. The summed E-state index contributed by atoms with van der Waals surface area (Å²) in [6.45, 7) is 6.29. The average molecular weight is 489 g/mol. The van der Waals surface area contributed by atoms with Crippen molar-refractivity contribution in [2.45, 2.75) is 19.0 Å². The lowest BCUT2D eigenvalue weighted by Gasteiger charge is -2.38. The minimum Gasteiger partial charge on any atom is -0.384 e. The maximum Gasteiger partial charge on any atom is 0.393 e. The van der Waals surface area contributed by atoms with Crippen molar-refractivity contribution in [2.75, 3.05) is 72.3 Å². The molecule has 4 rings (SSSR count). The highest BCUT2D eigenvalue weighted by Crippen LogP contribution is 2.31. The molecule has 2 aliphatic rings. The molecule has 3 heterocycles. The van der Waals surface area contributed by atoms with E-state index in [1.54, 1.807) is 18.2 Å². The molecular weight excluding hydrogens is 453 g/mol. The van der Waals surface area contributed by atoms with Crippen LogP contribution in [0.5, 0.6) is 0 Å². The van der Waals surface area contributed by atoms with Crippen molar-refractivity contribution < 1.29 is 13.2 Å². The van der Waals surface area contributed by atoms with Crippen molar-refractivity contribution in [1.82, 2.24) is 25.0 Å². The molecule has 0 spiro atoms. The zero-order valence-electron chi connectivity index (χ0n) is 20.8. The number of hydrogen-bond donors (Lipinski definition) is 2. The minimum atomic E-state index is -4.25. The van der Waals surface area contributed by atoms with Crippen molar-refractivity contribution in [3.63, 3.8) is 0 Å². The molecule has 190 valence electrons. The van der Waals surface area contributed by atoms with Gasteiger partial charge in [0, 0.05) is 57.4 Å². The quantitative estimate of drug-likeness (QED) is 0.552. The van der Waals surface area contributed by atoms with Crippen molar-refractivity contribution in [3.8, 4) is 0 Å². The van der Waals surface area contributed by atoms with Crippen molar-refractivity contribution in [2.24, 2.45) is 0 Å². The molecule has 2 aliphatic heterocycles. The van der Waals surface area contributed by atoms with Gasteiger partial charge in [0.25, 0.3) is 0 Å². The SMILES string of the molecule is CN(C)CCCNc1cc(C2=CC=C(N3CCNCC3)N(C)C2)nc2cc(CC(F)(F)F)ccc12. The van der Waals surface area contributed by atoms with Crippen LogP contribution in [0.4, 0.5) is 18.9 Å².